The van der Waals surface area contributed by atoms with E-state index in [-0.39, 0.29) is 5.25 Å². The summed E-state index contributed by atoms with van der Waals surface area (Å²) < 4.78 is 12.2. The standard InChI is InChI=1S/C13H20ClNOS/c1-4-13(15-3)10(2)17(16)9-11-7-5-6-8-12(11)14/h5-8,10,13,15H,4,9H2,1-3H3. The fourth-order valence-corrected chi connectivity index (χ4v) is 3.65. The van der Waals surface area contributed by atoms with Gasteiger partial charge in [0.05, 0.1) is 5.75 Å². The zero-order chi connectivity index (χ0) is 12.8. The highest BCUT2D eigenvalue weighted by atomic mass is 35.5. The lowest BCUT2D eigenvalue weighted by molar-refractivity contribution is 0.529. The van der Waals surface area contributed by atoms with Gasteiger partial charge in [-0.3, -0.25) is 4.21 Å². The van der Waals surface area contributed by atoms with Gasteiger partial charge in [-0.2, -0.15) is 0 Å². The Kier molecular flexibility index (Phi) is 6.17. The third-order valence-electron chi connectivity index (χ3n) is 3.05. The molecule has 3 unspecified atom stereocenters. The molecule has 0 saturated carbocycles. The Morgan fingerprint density at radius 2 is 2.06 bits per heavy atom. The molecule has 2 nitrogen and oxygen atoms in total. The Bertz CT molecular complexity index is 379. The van der Waals surface area contributed by atoms with E-state index in [0.717, 1.165) is 12.0 Å². The number of hydrogen-bond acceptors (Lipinski definition) is 2. The number of benzene rings is 1. The van der Waals surface area contributed by atoms with Crippen molar-refractivity contribution < 1.29 is 4.21 Å². The Morgan fingerprint density at radius 3 is 2.59 bits per heavy atom. The van der Waals surface area contributed by atoms with Crippen LogP contribution in [-0.4, -0.2) is 22.5 Å². The van der Waals surface area contributed by atoms with E-state index in [1.165, 1.54) is 0 Å². The van der Waals surface area contributed by atoms with Gasteiger partial charge in [-0.1, -0.05) is 36.7 Å². The van der Waals surface area contributed by atoms with Crippen LogP contribution < -0.4 is 5.32 Å². The Hall–Kier alpha value is -0.380. The van der Waals surface area contributed by atoms with Crippen molar-refractivity contribution in [1.82, 2.24) is 5.32 Å². The van der Waals surface area contributed by atoms with Crippen LogP contribution in [0.4, 0.5) is 0 Å². The van der Waals surface area contributed by atoms with Crippen LogP contribution in [0.2, 0.25) is 5.02 Å². The molecule has 1 N–H and O–H groups in total. The Morgan fingerprint density at radius 1 is 1.41 bits per heavy atom. The molecule has 0 amide bonds. The first-order valence-electron chi connectivity index (χ1n) is 5.88. The first kappa shape index (κ1) is 14.7. The predicted octanol–water partition coefficient (Wildman–Crippen LogP) is 2.98. The second-order valence-electron chi connectivity index (χ2n) is 4.13. The topological polar surface area (TPSA) is 29.1 Å². The minimum atomic E-state index is -0.903. The molecule has 0 fully saturated rings. The zero-order valence-corrected chi connectivity index (χ0v) is 12.1. The lowest BCUT2D eigenvalue weighted by Gasteiger charge is -2.21. The SMILES string of the molecule is CCC(NC)C(C)S(=O)Cc1ccccc1Cl. The van der Waals surface area contributed by atoms with Crippen LogP contribution in [0.5, 0.6) is 0 Å². The summed E-state index contributed by atoms with van der Waals surface area (Å²) in [7, 11) is 1.01. The molecule has 0 spiro atoms. The summed E-state index contributed by atoms with van der Waals surface area (Å²) in [5.74, 6) is 0.527. The van der Waals surface area contributed by atoms with Gasteiger partial charge in [-0.25, -0.2) is 0 Å². The van der Waals surface area contributed by atoms with Gasteiger partial charge in [0.15, 0.2) is 0 Å². The summed E-state index contributed by atoms with van der Waals surface area (Å²) in [4.78, 5) is 0. The normalized spacial score (nSPS) is 16.5. The largest absolute Gasteiger partial charge is 0.316 e. The molecule has 0 aromatic heterocycles. The molecule has 1 rings (SSSR count). The molecule has 1 aromatic carbocycles. The molecule has 1 aromatic rings. The van der Waals surface area contributed by atoms with Gasteiger partial charge < -0.3 is 5.32 Å². The van der Waals surface area contributed by atoms with E-state index in [2.05, 4.69) is 12.2 Å². The maximum absolute atomic E-state index is 12.2. The molecule has 0 aliphatic heterocycles. The van der Waals surface area contributed by atoms with Gasteiger partial charge in [0, 0.05) is 27.1 Å². The summed E-state index contributed by atoms with van der Waals surface area (Å²) in [6, 6.07) is 7.89. The summed E-state index contributed by atoms with van der Waals surface area (Å²) in [5, 5.41) is 4.03. The first-order chi connectivity index (χ1) is 8.10. The average Bonchev–Trinajstić information content (AvgIpc) is 2.33. The second kappa shape index (κ2) is 7.14. The van der Waals surface area contributed by atoms with Gasteiger partial charge >= 0.3 is 0 Å². The average molecular weight is 274 g/mol. The molecular weight excluding hydrogens is 254 g/mol. The smallest absolute Gasteiger partial charge is 0.0503 e. The molecule has 0 aliphatic carbocycles. The van der Waals surface area contributed by atoms with E-state index in [4.69, 9.17) is 11.6 Å². The fraction of sp³-hybridized carbons (Fsp3) is 0.538. The first-order valence-corrected chi connectivity index (χ1v) is 7.64. The molecule has 0 bridgehead atoms. The van der Waals surface area contributed by atoms with Crippen molar-refractivity contribution in [3.05, 3.63) is 34.9 Å². The number of halogens is 1. The molecule has 4 heteroatoms. The van der Waals surface area contributed by atoms with Crippen LogP contribution in [0, 0.1) is 0 Å². The Balaban J connectivity index is 2.69. The van der Waals surface area contributed by atoms with Crippen molar-refractivity contribution in [1.29, 1.82) is 0 Å². The minimum Gasteiger partial charge on any atom is -0.316 e. The van der Waals surface area contributed by atoms with E-state index >= 15 is 0 Å². The van der Waals surface area contributed by atoms with Crippen molar-refractivity contribution in [2.75, 3.05) is 7.05 Å². The van der Waals surface area contributed by atoms with E-state index in [0.29, 0.717) is 16.8 Å². The van der Waals surface area contributed by atoms with Gasteiger partial charge in [-0.05, 0) is 32.0 Å². The van der Waals surface area contributed by atoms with Crippen LogP contribution in [0.25, 0.3) is 0 Å². The second-order valence-corrected chi connectivity index (χ2v) is 6.33. The molecule has 17 heavy (non-hydrogen) atoms. The number of hydrogen-bond donors (Lipinski definition) is 1. The number of nitrogens with one attached hydrogen (secondary N) is 1. The van der Waals surface area contributed by atoms with Gasteiger partial charge in [0.1, 0.15) is 0 Å². The van der Waals surface area contributed by atoms with Crippen molar-refractivity contribution in [3.8, 4) is 0 Å². The molecule has 3 atom stereocenters. The third kappa shape index (κ3) is 4.09. The quantitative estimate of drug-likeness (QED) is 0.863. The van der Waals surface area contributed by atoms with Gasteiger partial charge in [0.25, 0.3) is 0 Å². The molecule has 0 radical (unpaired) electrons. The van der Waals surface area contributed by atoms with Crippen LogP contribution in [-0.2, 0) is 16.6 Å². The molecule has 96 valence electrons. The van der Waals surface area contributed by atoms with Crippen molar-refractivity contribution in [3.63, 3.8) is 0 Å². The van der Waals surface area contributed by atoms with Gasteiger partial charge in [-0.15, -0.1) is 0 Å². The third-order valence-corrected chi connectivity index (χ3v) is 5.17. The van der Waals surface area contributed by atoms with Crippen molar-refractivity contribution in [2.45, 2.75) is 37.3 Å². The van der Waals surface area contributed by atoms with Crippen molar-refractivity contribution >= 4 is 22.4 Å². The monoisotopic (exact) mass is 273 g/mol. The molecular formula is C13H20ClNOS. The molecule has 0 aliphatic rings. The highest BCUT2D eigenvalue weighted by Gasteiger charge is 2.20. The summed E-state index contributed by atoms with van der Waals surface area (Å²) in [6.07, 6.45) is 0.978. The molecule has 0 saturated heterocycles. The van der Waals surface area contributed by atoms with Gasteiger partial charge in [0.2, 0.25) is 0 Å². The molecule has 0 heterocycles. The van der Waals surface area contributed by atoms with E-state index in [9.17, 15) is 4.21 Å². The maximum atomic E-state index is 12.2. The fourth-order valence-electron chi connectivity index (χ4n) is 1.85. The Labute approximate surface area is 111 Å². The van der Waals surface area contributed by atoms with Crippen LogP contribution in [0.1, 0.15) is 25.8 Å². The van der Waals surface area contributed by atoms with E-state index in [1.807, 2.05) is 38.2 Å². The summed E-state index contributed by atoms with van der Waals surface area (Å²) in [5.41, 5.74) is 0.963. The number of rotatable bonds is 6. The highest BCUT2D eigenvalue weighted by Crippen LogP contribution is 2.19. The summed E-state index contributed by atoms with van der Waals surface area (Å²) >= 11 is 6.07. The minimum absolute atomic E-state index is 0.126. The maximum Gasteiger partial charge on any atom is 0.0503 e. The van der Waals surface area contributed by atoms with E-state index in [1.54, 1.807) is 0 Å². The lowest BCUT2D eigenvalue weighted by Crippen LogP contribution is -2.38. The summed E-state index contributed by atoms with van der Waals surface area (Å²) in [6.45, 7) is 4.13. The van der Waals surface area contributed by atoms with Crippen molar-refractivity contribution in [2.24, 2.45) is 0 Å². The predicted molar refractivity (Wildman–Crippen MR) is 75.9 cm³/mol. The zero-order valence-electron chi connectivity index (χ0n) is 10.6. The van der Waals surface area contributed by atoms with Crippen LogP contribution in [0.3, 0.4) is 0 Å². The van der Waals surface area contributed by atoms with Crippen LogP contribution >= 0.6 is 11.6 Å². The van der Waals surface area contributed by atoms with E-state index < -0.39 is 10.8 Å². The van der Waals surface area contributed by atoms with Crippen LogP contribution in [0.15, 0.2) is 24.3 Å². The highest BCUT2D eigenvalue weighted by molar-refractivity contribution is 7.84. The lowest BCUT2D eigenvalue weighted by atomic mass is 10.2.